The van der Waals surface area contributed by atoms with Gasteiger partial charge in [0.2, 0.25) is 6.29 Å². The summed E-state index contributed by atoms with van der Waals surface area (Å²) < 4.78 is 0. The molecule has 1 rings (SSSR count). The maximum Gasteiger partial charge on any atom is 0.216 e. The highest BCUT2D eigenvalue weighted by Crippen LogP contribution is 1.98. The van der Waals surface area contributed by atoms with E-state index in [1.165, 1.54) is 0 Å². The van der Waals surface area contributed by atoms with Crippen molar-refractivity contribution in [3.05, 3.63) is 30.1 Å². The van der Waals surface area contributed by atoms with Crippen molar-refractivity contribution in [2.45, 2.75) is 18.9 Å². The van der Waals surface area contributed by atoms with Gasteiger partial charge in [-0.2, -0.15) is 0 Å². The molecule has 0 aromatic carbocycles. The molecule has 12 heavy (non-hydrogen) atoms. The number of hydrogen-bond donors (Lipinski definition) is 1. The monoisotopic (exact) mass is 163 g/mol. The van der Waals surface area contributed by atoms with E-state index in [2.05, 4.69) is 4.98 Å². The molecule has 1 unspecified atom stereocenters. The summed E-state index contributed by atoms with van der Waals surface area (Å²) in [6.45, 7) is 0. The molecule has 1 radical (unpaired) electrons. The van der Waals surface area contributed by atoms with E-state index < -0.39 is 6.04 Å². The molecule has 0 fully saturated rings. The second-order valence-corrected chi connectivity index (χ2v) is 2.58. The Labute approximate surface area is 71.6 Å². The van der Waals surface area contributed by atoms with Crippen LogP contribution in [0.15, 0.2) is 24.4 Å². The van der Waals surface area contributed by atoms with Gasteiger partial charge in [-0.15, -0.1) is 0 Å². The number of rotatable bonds is 4. The van der Waals surface area contributed by atoms with Crippen LogP contribution in [-0.4, -0.2) is 17.3 Å². The van der Waals surface area contributed by atoms with E-state index in [1.54, 1.807) is 12.5 Å². The Morgan fingerprint density at radius 3 is 3.00 bits per heavy atom. The average molecular weight is 163 g/mol. The van der Waals surface area contributed by atoms with Gasteiger partial charge in [0.15, 0.2) is 0 Å². The minimum Gasteiger partial charge on any atom is -0.321 e. The van der Waals surface area contributed by atoms with Crippen LogP contribution in [0, 0.1) is 0 Å². The van der Waals surface area contributed by atoms with E-state index in [4.69, 9.17) is 5.73 Å². The van der Waals surface area contributed by atoms with Gasteiger partial charge in [-0.3, -0.25) is 9.78 Å². The van der Waals surface area contributed by atoms with Crippen molar-refractivity contribution in [1.29, 1.82) is 0 Å². The van der Waals surface area contributed by atoms with Gasteiger partial charge in [0.05, 0.1) is 6.04 Å². The van der Waals surface area contributed by atoms with Crippen LogP contribution in [-0.2, 0) is 11.2 Å². The zero-order chi connectivity index (χ0) is 8.81. The lowest BCUT2D eigenvalue weighted by atomic mass is 10.1. The number of aryl methyl sites for hydroxylation is 1. The number of nitrogens with two attached hydrogens (primary N) is 1. The van der Waals surface area contributed by atoms with Crippen molar-refractivity contribution in [3.8, 4) is 0 Å². The first kappa shape index (κ1) is 8.87. The SMILES string of the molecule is NC([C]=O)CCc1ccccn1. The summed E-state index contributed by atoms with van der Waals surface area (Å²) in [7, 11) is 0. The smallest absolute Gasteiger partial charge is 0.216 e. The molecule has 0 saturated carbocycles. The molecule has 3 nitrogen and oxygen atoms in total. The molecule has 3 heteroatoms. The fourth-order valence-corrected chi connectivity index (χ4v) is 0.908. The highest BCUT2D eigenvalue weighted by Gasteiger charge is 2.01. The molecule has 0 aliphatic carbocycles. The molecule has 1 aromatic rings. The summed E-state index contributed by atoms with van der Waals surface area (Å²) in [5.74, 6) is 0. The molecular weight excluding hydrogens is 152 g/mol. The summed E-state index contributed by atoms with van der Waals surface area (Å²) in [6.07, 6.45) is 4.81. The molecule has 0 spiro atoms. The van der Waals surface area contributed by atoms with Gasteiger partial charge < -0.3 is 5.73 Å². The van der Waals surface area contributed by atoms with Crippen molar-refractivity contribution < 1.29 is 4.79 Å². The van der Waals surface area contributed by atoms with Crippen molar-refractivity contribution in [2.75, 3.05) is 0 Å². The zero-order valence-corrected chi connectivity index (χ0v) is 6.73. The van der Waals surface area contributed by atoms with E-state index in [0.717, 1.165) is 12.1 Å². The number of carbonyl (C=O) groups excluding carboxylic acids is 1. The molecule has 1 heterocycles. The third-order valence-electron chi connectivity index (χ3n) is 1.59. The summed E-state index contributed by atoms with van der Waals surface area (Å²) in [5.41, 5.74) is 6.33. The number of hydrogen-bond acceptors (Lipinski definition) is 3. The molecule has 0 saturated heterocycles. The summed E-state index contributed by atoms with van der Waals surface area (Å²) in [5, 5.41) is 0. The molecule has 0 bridgehead atoms. The quantitative estimate of drug-likeness (QED) is 0.701. The summed E-state index contributed by atoms with van der Waals surface area (Å²) in [6, 6.07) is 5.21. The predicted molar refractivity (Wildman–Crippen MR) is 46.2 cm³/mol. The lowest BCUT2D eigenvalue weighted by Gasteiger charge is -2.01. The normalized spacial score (nSPS) is 12.4. The van der Waals surface area contributed by atoms with Crippen molar-refractivity contribution in [3.63, 3.8) is 0 Å². The highest BCUT2D eigenvalue weighted by atomic mass is 16.1. The van der Waals surface area contributed by atoms with E-state index in [1.807, 2.05) is 18.2 Å². The maximum absolute atomic E-state index is 10.1. The second-order valence-electron chi connectivity index (χ2n) is 2.58. The number of pyridine rings is 1. The van der Waals surface area contributed by atoms with Crippen molar-refractivity contribution in [1.82, 2.24) is 4.98 Å². The van der Waals surface area contributed by atoms with E-state index in [-0.39, 0.29) is 0 Å². The second kappa shape index (κ2) is 4.62. The predicted octanol–water partition coefficient (Wildman–Crippen LogP) is 0.451. The topological polar surface area (TPSA) is 56.0 Å². The molecule has 2 N–H and O–H groups in total. The van der Waals surface area contributed by atoms with Crippen molar-refractivity contribution >= 4 is 6.29 Å². The Morgan fingerprint density at radius 2 is 2.42 bits per heavy atom. The molecular formula is C9H11N2O. The van der Waals surface area contributed by atoms with E-state index in [0.29, 0.717) is 6.42 Å². The Bertz CT molecular complexity index is 236. The maximum atomic E-state index is 10.1. The third-order valence-corrected chi connectivity index (χ3v) is 1.59. The first-order valence-electron chi connectivity index (χ1n) is 3.86. The zero-order valence-electron chi connectivity index (χ0n) is 6.73. The van der Waals surface area contributed by atoms with Gasteiger partial charge in [-0.05, 0) is 25.0 Å². The fraction of sp³-hybridized carbons (Fsp3) is 0.333. The first-order chi connectivity index (χ1) is 5.83. The van der Waals surface area contributed by atoms with Gasteiger partial charge in [0, 0.05) is 11.9 Å². The average Bonchev–Trinajstić information content (AvgIpc) is 2.16. The minimum absolute atomic E-state index is 0.480. The Morgan fingerprint density at radius 1 is 1.58 bits per heavy atom. The van der Waals surface area contributed by atoms with Crippen LogP contribution in [0.25, 0.3) is 0 Å². The number of aromatic nitrogens is 1. The number of nitrogens with zero attached hydrogens (tertiary/aromatic N) is 1. The Kier molecular flexibility index (Phi) is 3.41. The van der Waals surface area contributed by atoms with Crippen LogP contribution < -0.4 is 5.73 Å². The van der Waals surface area contributed by atoms with Gasteiger partial charge in [0.25, 0.3) is 0 Å². The molecule has 0 aliphatic heterocycles. The summed E-state index contributed by atoms with van der Waals surface area (Å²) in [4.78, 5) is 14.2. The van der Waals surface area contributed by atoms with Crippen LogP contribution in [0.1, 0.15) is 12.1 Å². The van der Waals surface area contributed by atoms with Gasteiger partial charge in [-0.1, -0.05) is 6.07 Å². The summed E-state index contributed by atoms with van der Waals surface area (Å²) >= 11 is 0. The van der Waals surface area contributed by atoms with Gasteiger partial charge >= 0.3 is 0 Å². The van der Waals surface area contributed by atoms with Gasteiger partial charge in [-0.25, -0.2) is 0 Å². The van der Waals surface area contributed by atoms with Gasteiger partial charge in [0.1, 0.15) is 0 Å². The standard InChI is InChI=1S/C9H11N2O/c10-8(7-12)4-5-9-3-1-2-6-11-9/h1-3,6,8H,4-5,10H2. The molecule has 0 amide bonds. The van der Waals surface area contributed by atoms with Crippen molar-refractivity contribution in [2.24, 2.45) is 5.73 Å². The fourth-order valence-electron chi connectivity index (χ4n) is 0.908. The largest absolute Gasteiger partial charge is 0.321 e. The highest BCUT2D eigenvalue weighted by molar-refractivity contribution is 5.57. The van der Waals surface area contributed by atoms with Crippen LogP contribution in [0.4, 0.5) is 0 Å². The Hall–Kier alpha value is -1.22. The Balaban J connectivity index is 2.38. The van der Waals surface area contributed by atoms with E-state index >= 15 is 0 Å². The molecule has 1 atom stereocenters. The van der Waals surface area contributed by atoms with Crippen LogP contribution in [0.3, 0.4) is 0 Å². The first-order valence-corrected chi connectivity index (χ1v) is 3.86. The van der Waals surface area contributed by atoms with Crippen LogP contribution in [0.5, 0.6) is 0 Å². The lowest BCUT2D eigenvalue weighted by molar-refractivity contribution is 0.535. The lowest BCUT2D eigenvalue weighted by Crippen LogP contribution is -2.21. The molecule has 0 aliphatic rings. The third kappa shape index (κ3) is 2.80. The van der Waals surface area contributed by atoms with E-state index in [9.17, 15) is 4.79 Å². The molecule has 63 valence electrons. The van der Waals surface area contributed by atoms with Crippen LogP contribution in [0.2, 0.25) is 0 Å². The van der Waals surface area contributed by atoms with Crippen LogP contribution >= 0.6 is 0 Å². The minimum atomic E-state index is -0.480. The molecule has 1 aromatic heterocycles.